The number of amides is 1. The van der Waals surface area contributed by atoms with E-state index in [1.54, 1.807) is 25.3 Å². The van der Waals surface area contributed by atoms with Crippen molar-refractivity contribution in [3.05, 3.63) is 23.2 Å². The van der Waals surface area contributed by atoms with Gasteiger partial charge in [-0.3, -0.25) is 4.79 Å². The van der Waals surface area contributed by atoms with Gasteiger partial charge in [0.25, 0.3) is 0 Å². The number of primary amides is 1. The second-order valence-electron chi connectivity index (χ2n) is 2.66. The predicted molar refractivity (Wildman–Crippen MR) is 55.7 cm³/mol. The van der Waals surface area contributed by atoms with E-state index in [9.17, 15) is 4.79 Å². The highest BCUT2D eigenvalue weighted by molar-refractivity contribution is 6.30. The Morgan fingerprint density at radius 2 is 2.36 bits per heavy atom. The van der Waals surface area contributed by atoms with E-state index < -0.39 is 5.91 Å². The fourth-order valence-electron chi connectivity index (χ4n) is 1.00. The molecule has 0 spiro atoms. The first-order valence-electron chi connectivity index (χ1n) is 3.99. The van der Waals surface area contributed by atoms with Gasteiger partial charge in [0, 0.05) is 5.02 Å². The smallest absolute Gasteiger partial charge is 0.236 e. The summed E-state index contributed by atoms with van der Waals surface area (Å²) in [6, 6.07) is 5.09. The van der Waals surface area contributed by atoms with Gasteiger partial charge in [-0.1, -0.05) is 11.6 Å². The van der Waals surface area contributed by atoms with Crippen molar-refractivity contribution in [2.24, 2.45) is 5.73 Å². The first kappa shape index (κ1) is 10.7. The van der Waals surface area contributed by atoms with Crippen molar-refractivity contribution >= 4 is 23.2 Å². The van der Waals surface area contributed by atoms with Gasteiger partial charge in [0.05, 0.1) is 19.3 Å². The van der Waals surface area contributed by atoms with Crippen LogP contribution >= 0.6 is 11.6 Å². The van der Waals surface area contributed by atoms with Crippen LogP contribution in [0.5, 0.6) is 5.75 Å². The minimum absolute atomic E-state index is 0.0523. The quantitative estimate of drug-likeness (QED) is 0.793. The van der Waals surface area contributed by atoms with E-state index in [1.807, 2.05) is 0 Å². The summed E-state index contributed by atoms with van der Waals surface area (Å²) in [7, 11) is 1.54. The summed E-state index contributed by atoms with van der Waals surface area (Å²) in [6.45, 7) is 0.0523. The van der Waals surface area contributed by atoms with Crippen molar-refractivity contribution in [3.63, 3.8) is 0 Å². The molecule has 4 nitrogen and oxygen atoms in total. The first-order chi connectivity index (χ1) is 6.63. The van der Waals surface area contributed by atoms with Crippen LogP contribution in [-0.2, 0) is 4.79 Å². The molecule has 76 valence electrons. The van der Waals surface area contributed by atoms with Crippen LogP contribution in [-0.4, -0.2) is 19.6 Å². The molecule has 0 aliphatic heterocycles. The van der Waals surface area contributed by atoms with Crippen LogP contribution in [0.2, 0.25) is 5.02 Å². The van der Waals surface area contributed by atoms with E-state index in [0.29, 0.717) is 16.5 Å². The molecule has 0 aliphatic carbocycles. The monoisotopic (exact) mass is 214 g/mol. The van der Waals surface area contributed by atoms with E-state index in [4.69, 9.17) is 22.1 Å². The highest BCUT2D eigenvalue weighted by Gasteiger charge is 2.03. The fraction of sp³-hybridized carbons (Fsp3) is 0.222. The Bertz CT molecular complexity index is 342. The third kappa shape index (κ3) is 2.81. The number of nitrogens with two attached hydrogens (primary N) is 1. The number of hydrogen-bond donors (Lipinski definition) is 2. The molecule has 0 aromatic heterocycles. The van der Waals surface area contributed by atoms with Gasteiger partial charge in [0.15, 0.2) is 0 Å². The molecule has 0 saturated carbocycles. The lowest BCUT2D eigenvalue weighted by Crippen LogP contribution is -2.21. The molecular formula is C9H11ClN2O2. The van der Waals surface area contributed by atoms with Gasteiger partial charge in [0.1, 0.15) is 5.75 Å². The number of hydrogen-bond acceptors (Lipinski definition) is 3. The molecule has 1 aromatic carbocycles. The number of nitrogens with one attached hydrogen (secondary N) is 1. The zero-order valence-electron chi connectivity index (χ0n) is 7.71. The SMILES string of the molecule is COc1ccc(Cl)cc1NCC(N)=O. The molecule has 3 N–H and O–H groups in total. The lowest BCUT2D eigenvalue weighted by molar-refractivity contribution is -0.116. The standard InChI is InChI=1S/C9H11ClN2O2/c1-14-8-3-2-6(10)4-7(8)12-5-9(11)13/h2-4,12H,5H2,1H3,(H2,11,13). The molecule has 0 unspecified atom stereocenters. The molecule has 5 heteroatoms. The summed E-state index contributed by atoms with van der Waals surface area (Å²) in [5.74, 6) is 0.183. The lowest BCUT2D eigenvalue weighted by Gasteiger charge is -2.09. The van der Waals surface area contributed by atoms with Gasteiger partial charge in [-0.15, -0.1) is 0 Å². The minimum atomic E-state index is -0.438. The van der Waals surface area contributed by atoms with Crippen molar-refractivity contribution in [2.75, 3.05) is 19.0 Å². The second kappa shape index (κ2) is 4.72. The second-order valence-corrected chi connectivity index (χ2v) is 3.10. The predicted octanol–water partition coefficient (Wildman–Crippen LogP) is 1.25. The molecule has 0 aliphatic rings. The van der Waals surface area contributed by atoms with Gasteiger partial charge in [-0.2, -0.15) is 0 Å². The molecule has 0 fully saturated rings. The summed E-state index contributed by atoms with van der Waals surface area (Å²) in [5.41, 5.74) is 5.65. The largest absolute Gasteiger partial charge is 0.495 e. The molecule has 0 heterocycles. The summed E-state index contributed by atoms with van der Waals surface area (Å²) in [5, 5.41) is 3.39. The molecule has 14 heavy (non-hydrogen) atoms. The normalized spacial score (nSPS) is 9.57. The maximum absolute atomic E-state index is 10.5. The summed E-state index contributed by atoms with van der Waals surface area (Å²) in [4.78, 5) is 10.5. The average molecular weight is 215 g/mol. The van der Waals surface area contributed by atoms with Crippen LogP contribution < -0.4 is 15.8 Å². The third-order valence-electron chi connectivity index (χ3n) is 1.61. The topological polar surface area (TPSA) is 64.3 Å². The molecule has 1 rings (SSSR count). The number of carbonyl (C=O) groups is 1. The Balaban J connectivity index is 2.82. The van der Waals surface area contributed by atoms with Crippen molar-refractivity contribution in [2.45, 2.75) is 0 Å². The fourth-order valence-corrected chi connectivity index (χ4v) is 1.17. The van der Waals surface area contributed by atoms with E-state index >= 15 is 0 Å². The maximum Gasteiger partial charge on any atom is 0.236 e. The first-order valence-corrected chi connectivity index (χ1v) is 4.37. The van der Waals surface area contributed by atoms with Crippen LogP contribution in [0.15, 0.2) is 18.2 Å². The Morgan fingerprint density at radius 1 is 1.64 bits per heavy atom. The molecule has 1 aromatic rings. The number of ether oxygens (including phenoxy) is 1. The Morgan fingerprint density at radius 3 is 2.93 bits per heavy atom. The molecule has 1 amide bonds. The maximum atomic E-state index is 10.5. The lowest BCUT2D eigenvalue weighted by atomic mass is 10.3. The summed E-state index contributed by atoms with van der Waals surface area (Å²) < 4.78 is 5.06. The van der Waals surface area contributed by atoms with Crippen molar-refractivity contribution in [1.29, 1.82) is 0 Å². The van der Waals surface area contributed by atoms with E-state index in [1.165, 1.54) is 0 Å². The molecular weight excluding hydrogens is 204 g/mol. The van der Waals surface area contributed by atoms with Crippen LogP contribution in [0.4, 0.5) is 5.69 Å². The summed E-state index contributed by atoms with van der Waals surface area (Å²) >= 11 is 5.78. The van der Waals surface area contributed by atoms with Gasteiger partial charge < -0.3 is 15.8 Å². The minimum Gasteiger partial charge on any atom is -0.495 e. The van der Waals surface area contributed by atoms with Gasteiger partial charge in [-0.25, -0.2) is 0 Å². The van der Waals surface area contributed by atoms with Crippen LogP contribution in [0.1, 0.15) is 0 Å². The van der Waals surface area contributed by atoms with Gasteiger partial charge >= 0.3 is 0 Å². The number of methoxy groups -OCH3 is 1. The van der Waals surface area contributed by atoms with Gasteiger partial charge in [0.2, 0.25) is 5.91 Å². The molecule has 0 bridgehead atoms. The van der Waals surface area contributed by atoms with Crippen LogP contribution in [0.3, 0.4) is 0 Å². The average Bonchev–Trinajstić information content (AvgIpc) is 2.15. The van der Waals surface area contributed by atoms with Crippen molar-refractivity contribution in [1.82, 2.24) is 0 Å². The van der Waals surface area contributed by atoms with E-state index in [-0.39, 0.29) is 6.54 Å². The third-order valence-corrected chi connectivity index (χ3v) is 1.85. The van der Waals surface area contributed by atoms with Crippen LogP contribution in [0, 0.1) is 0 Å². The molecule has 0 atom stereocenters. The van der Waals surface area contributed by atoms with Crippen molar-refractivity contribution < 1.29 is 9.53 Å². The Kier molecular flexibility index (Phi) is 3.59. The number of rotatable bonds is 4. The number of anilines is 1. The highest BCUT2D eigenvalue weighted by atomic mass is 35.5. The molecule has 0 radical (unpaired) electrons. The van der Waals surface area contributed by atoms with Crippen molar-refractivity contribution in [3.8, 4) is 5.75 Å². The van der Waals surface area contributed by atoms with E-state index in [0.717, 1.165) is 0 Å². The molecule has 0 saturated heterocycles. The summed E-state index contributed by atoms with van der Waals surface area (Å²) in [6.07, 6.45) is 0. The number of halogens is 1. The van der Waals surface area contributed by atoms with Crippen LogP contribution in [0.25, 0.3) is 0 Å². The number of benzene rings is 1. The zero-order chi connectivity index (χ0) is 10.6. The van der Waals surface area contributed by atoms with E-state index in [2.05, 4.69) is 5.32 Å². The highest BCUT2D eigenvalue weighted by Crippen LogP contribution is 2.27. The zero-order valence-corrected chi connectivity index (χ0v) is 8.47. The Labute approximate surface area is 87.0 Å². The van der Waals surface area contributed by atoms with Gasteiger partial charge in [-0.05, 0) is 18.2 Å². The number of carbonyl (C=O) groups excluding carboxylic acids is 1. The Hall–Kier alpha value is -1.42.